The zero-order chi connectivity index (χ0) is 20.2. The largest absolute Gasteiger partial charge is 0.497 e. The van der Waals surface area contributed by atoms with E-state index < -0.39 is 15.9 Å². The van der Waals surface area contributed by atoms with Crippen molar-refractivity contribution in [3.8, 4) is 11.5 Å². The van der Waals surface area contributed by atoms with Crippen molar-refractivity contribution in [3.05, 3.63) is 47.0 Å². The second-order valence-corrected chi connectivity index (χ2v) is 8.06. The van der Waals surface area contributed by atoms with Gasteiger partial charge in [0, 0.05) is 12.1 Å². The van der Waals surface area contributed by atoms with E-state index in [1.54, 1.807) is 32.0 Å². The van der Waals surface area contributed by atoms with Gasteiger partial charge in [0.05, 0.1) is 35.4 Å². The van der Waals surface area contributed by atoms with Gasteiger partial charge in [0.15, 0.2) is 0 Å². The van der Waals surface area contributed by atoms with Gasteiger partial charge in [-0.3, -0.25) is 4.79 Å². The van der Waals surface area contributed by atoms with Crippen LogP contribution in [0.4, 0.5) is 5.69 Å². The molecule has 0 heterocycles. The number of methoxy groups -OCH3 is 2. The summed E-state index contributed by atoms with van der Waals surface area (Å²) in [7, 11) is -0.794. The lowest BCUT2D eigenvalue weighted by Gasteiger charge is -2.14. The van der Waals surface area contributed by atoms with E-state index in [1.807, 2.05) is 0 Å². The maximum absolute atomic E-state index is 12.7. The fraction of sp³-hybridized carbons (Fsp3) is 0.278. The number of hydrogen-bond donors (Lipinski definition) is 2. The van der Waals surface area contributed by atoms with Gasteiger partial charge >= 0.3 is 0 Å². The minimum Gasteiger partial charge on any atom is -0.497 e. The molecule has 0 aliphatic carbocycles. The standard InChI is InChI=1S/C18H21ClN2O5S/c1-11(2)21-27(23,24)13-6-7-15(19)14(10-13)18(22)20-16-9-12(25-3)5-8-17(16)26-4/h5-11,21H,1-4H3,(H,20,22). The van der Waals surface area contributed by atoms with Crippen LogP contribution in [0.5, 0.6) is 11.5 Å². The second-order valence-electron chi connectivity index (χ2n) is 5.94. The zero-order valence-corrected chi connectivity index (χ0v) is 16.9. The van der Waals surface area contributed by atoms with Crippen molar-refractivity contribution in [2.45, 2.75) is 24.8 Å². The third kappa shape index (κ3) is 5.12. The number of nitrogens with one attached hydrogen (secondary N) is 2. The van der Waals surface area contributed by atoms with E-state index in [4.69, 9.17) is 21.1 Å². The van der Waals surface area contributed by atoms with Crippen LogP contribution in [0.2, 0.25) is 5.02 Å². The van der Waals surface area contributed by atoms with E-state index in [0.29, 0.717) is 17.2 Å². The second kappa shape index (κ2) is 8.60. The highest BCUT2D eigenvalue weighted by atomic mass is 35.5. The molecular weight excluding hydrogens is 392 g/mol. The summed E-state index contributed by atoms with van der Waals surface area (Å²) in [5.74, 6) is 0.369. The summed E-state index contributed by atoms with van der Waals surface area (Å²) in [4.78, 5) is 12.6. The number of benzene rings is 2. The molecule has 0 fully saturated rings. The fourth-order valence-corrected chi connectivity index (χ4v) is 3.81. The number of sulfonamides is 1. The van der Waals surface area contributed by atoms with E-state index in [0.717, 1.165) is 0 Å². The number of rotatable bonds is 7. The molecule has 2 aromatic rings. The van der Waals surface area contributed by atoms with Crippen LogP contribution in [-0.2, 0) is 10.0 Å². The van der Waals surface area contributed by atoms with Crippen molar-refractivity contribution < 1.29 is 22.7 Å². The van der Waals surface area contributed by atoms with Crippen molar-refractivity contribution in [1.82, 2.24) is 4.72 Å². The first kappa shape index (κ1) is 21.0. The van der Waals surface area contributed by atoms with Crippen LogP contribution in [0.25, 0.3) is 0 Å². The van der Waals surface area contributed by atoms with E-state index in [-0.39, 0.29) is 21.5 Å². The van der Waals surface area contributed by atoms with Gasteiger partial charge in [-0.05, 0) is 44.2 Å². The number of carbonyl (C=O) groups is 1. The predicted octanol–water partition coefficient (Wildman–Crippen LogP) is 3.30. The van der Waals surface area contributed by atoms with Gasteiger partial charge in [-0.1, -0.05) is 11.6 Å². The number of amides is 1. The van der Waals surface area contributed by atoms with Crippen LogP contribution in [0, 0.1) is 0 Å². The molecule has 0 radical (unpaired) electrons. The minimum atomic E-state index is -3.76. The van der Waals surface area contributed by atoms with Crippen molar-refractivity contribution >= 4 is 33.2 Å². The minimum absolute atomic E-state index is 0.0215. The van der Waals surface area contributed by atoms with Crippen LogP contribution < -0.4 is 19.5 Å². The Kier molecular flexibility index (Phi) is 6.69. The van der Waals surface area contributed by atoms with Crippen molar-refractivity contribution in [2.24, 2.45) is 0 Å². The number of anilines is 1. The lowest BCUT2D eigenvalue weighted by Crippen LogP contribution is -2.30. The zero-order valence-electron chi connectivity index (χ0n) is 15.4. The maximum Gasteiger partial charge on any atom is 0.257 e. The Morgan fingerprint density at radius 2 is 1.78 bits per heavy atom. The summed E-state index contributed by atoms with van der Waals surface area (Å²) in [5, 5.41) is 2.79. The monoisotopic (exact) mass is 412 g/mol. The Morgan fingerprint density at radius 1 is 1.07 bits per heavy atom. The molecule has 2 rings (SSSR count). The van der Waals surface area contributed by atoms with Crippen molar-refractivity contribution in [3.63, 3.8) is 0 Å². The third-order valence-electron chi connectivity index (χ3n) is 3.54. The van der Waals surface area contributed by atoms with E-state index in [9.17, 15) is 13.2 Å². The van der Waals surface area contributed by atoms with Crippen LogP contribution in [0.3, 0.4) is 0 Å². The SMILES string of the molecule is COc1ccc(OC)c(NC(=O)c2cc(S(=O)(=O)NC(C)C)ccc2Cl)c1. The molecule has 0 aliphatic rings. The van der Waals surface area contributed by atoms with E-state index in [1.165, 1.54) is 32.4 Å². The molecule has 0 saturated carbocycles. The Hall–Kier alpha value is -2.29. The molecule has 146 valence electrons. The number of ether oxygens (including phenoxy) is 2. The normalized spacial score (nSPS) is 11.3. The molecule has 0 bridgehead atoms. The Morgan fingerprint density at radius 3 is 2.37 bits per heavy atom. The number of hydrogen-bond acceptors (Lipinski definition) is 5. The molecule has 2 aromatic carbocycles. The predicted molar refractivity (Wildman–Crippen MR) is 104 cm³/mol. The van der Waals surface area contributed by atoms with Crippen LogP contribution in [0.15, 0.2) is 41.3 Å². The summed E-state index contributed by atoms with van der Waals surface area (Å²) in [5.41, 5.74) is 0.389. The first-order valence-electron chi connectivity index (χ1n) is 8.03. The average Bonchev–Trinajstić information content (AvgIpc) is 2.60. The molecule has 7 nitrogen and oxygen atoms in total. The highest BCUT2D eigenvalue weighted by molar-refractivity contribution is 7.89. The van der Waals surface area contributed by atoms with E-state index in [2.05, 4.69) is 10.0 Å². The van der Waals surface area contributed by atoms with Crippen LogP contribution in [0.1, 0.15) is 24.2 Å². The highest BCUT2D eigenvalue weighted by Crippen LogP contribution is 2.30. The quantitative estimate of drug-likeness (QED) is 0.727. The van der Waals surface area contributed by atoms with Crippen molar-refractivity contribution in [1.29, 1.82) is 0 Å². The first-order valence-corrected chi connectivity index (χ1v) is 9.89. The van der Waals surface area contributed by atoms with E-state index >= 15 is 0 Å². The van der Waals surface area contributed by atoms with Crippen molar-refractivity contribution in [2.75, 3.05) is 19.5 Å². The summed E-state index contributed by atoms with van der Waals surface area (Å²) < 4.78 is 37.5. The fourth-order valence-electron chi connectivity index (χ4n) is 2.33. The molecular formula is C18H21ClN2O5S. The van der Waals surface area contributed by atoms with Gasteiger partial charge < -0.3 is 14.8 Å². The highest BCUT2D eigenvalue weighted by Gasteiger charge is 2.20. The maximum atomic E-state index is 12.7. The lowest BCUT2D eigenvalue weighted by atomic mass is 10.2. The third-order valence-corrected chi connectivity index (χ3v) is 5.52. The van der Waals surface area contributed by atoms with Gasteiger partial charge in [0.2, 0.25) is 10.0 Å². The lowest BCUT2D eigenvalue weighted by molar-refractivity contribution is 0.102. The van der Waals surface area contributed by atoms with Gasteiger partial charge in [-0.25, -0.2) is 13.1 Å². The molecule has 27 heavy (non-hydrogen) atoms. The van der Waals surface area contributed by atoms with Crippen LogP contribution in [-0.4, -0.2) is 34.6 Å². The number of carbonyl (C=O) groups excluding carboxylic acids is 1. The molecule has 1 amide bonds. The Balaban J connectivity index is 2.38. The number of halogens is 1. The van der Waals surface area contributed by atoms with Gasteiger partial charge in [0.25, 0.3) is 5.91 Å². The van der Waals surface area contributed by atoms with Gasteiger partial charge in [-0.15, -0.1) is 0 Å². The summed E-state index contributed by atoms with van der Waals surface area (Å²) in [6.45, 7) is 3.41. The molecule has 0 aromatic heterocycles. The molecule has 2 N–H and O–H groups in total. The molecule has 0 atom stereocenters. The smallest absolute Gasteiger partial charge is 0.257 e. The van der Waals surface area contributed by atoms with Gasteiger partial charge in [-0.2, -0.15) is 0 Å². The summed E-state index contributed by atoms with van der Waals surface area (Å²) >= 11 is 6.11. The van der Waals surface area contributed by atoms with Gasteiger partial charge in [0.1, 0.15) is 11.5 Å². The van der Waals surface area contributed by atoms with Crippen LogP contribution >= 0.6 is 11.6 Å². The molecule has 0 saturated heterocycles. The molecule has 0 unspecified atom stereocenters. The first-order chi connectivity index (χ1) is 12.7. The molecule has 0 spiro atoms. The summed E-state index contributed by atoms with van der Waals surface area (Å²) in [6.07, 6.45) is 0. The summed E-state index contributed by atoms with van der Waals surface area (Å²) in [6, 6.07) is 8.57. The Labute approximate surface area is 163 Å². The molecule has 9 heteroatoms. The topological polar surface area (TPSA) is 93.7 Å². The Bertz CT molecular complexity index is 945. The molecule has 0 aliphatic heterocycles. The average molecular weight is 413 g/mol.